The van der Waals surface area contributed by atoms with Gasteiger partial charge in [0.25, 0.3) is 5.91 Å². The van der Waals surface area contributed by atoms with Crippen molar-refractivity contribution >= 4 is 32.6 Å². The fourth-order valence-corrected chi connectivity index (χ4v) is 3.91. The number of amides is 1. The molecule has 3 rings (SSSR count). The number of para-hydroxylation sites is 1. The van der Waals surface area contributed by atoms with Crippen molar-refractivity contribution in [2.75, 3.05) is 53.4 Å². The van der Waals surface area contributed by atoms with Gasteiger partial charge in [0.1, 0.15) is 22.8 Å². The highest BCUT2D eigenvalue weighted by molar-refractivity contribution is 7.22. The van der Waals surface area contributed by atoms with Gasteiger partial charge in [-0.05, 0) is 24.3 Å². The quantitative estimate of drug-likeness (QED) is 0.609. The number of methoxy groups -OCH3 is 3. The number of carbonyl (C=O) groups excluding carboxylic acids is 1. The summed E-state index contributed by atoms with van der Waals surface area (Å²) in [6.07, 6.45) is 0. The predicted octanol–water partition coefficient (Wildman–Crippen LogP) is 2.11. The number of likely N-dealkylation sites (N-methyl/N-ethyl adjacent to an activating group) is 1. The SMILES string of the molecule is COc1cc(OC)cc(C(=O)N(CC[NH+](C)C)c2nc3c(OC)cccc3s2)c1. The fraction of sp³-hybridized carbons (Fsp3) is 0.333. The number of hydrogen-bond acceptors (Lipinski definition) is 6. The average molecular weight is 417 g/mol. The lowest BCUT2D eigenvalue weighted by molar-refractivity contribution is -0.856. The molecule has 0 aliphatic carbocycles. The summed E-state index contributed by atoms with van der Waals surface area (Å²) < 4.78 is 17.0. The molecule has 0 aliphatic heterocycles. The Morgan fingerprint density at radius 1 is 1.07 bits per heavy atom. The van der Waals surface area contributed by atoms with Gasteiger partial charge in [-0.3, -0.25) is 9.69 Å². The first-order valence-electron chi connectivity index (χ1n) is 9.24. The minimum absolute atomic E-state index is 0.151. The molecule has 1 amide bonds. The van der Waals surface area contributed by atoms with Crippen LogP contribution in [0.1, 0.15) is 10.4 Å². The van der Waals surface area contributed by atoms with Crippen LogP contribution in [0.4, 0.5) is 5.13 Å². The molecule has 0 fully saturated rings. The van der Waals surface area contributed by atoms with E-state index in [2.05, 4.69) is 14.1 Å². The molecule has 3 aromatic rings. The topological polar surface area (TPSA) is 65.3 Å². The Bertz CT molecular complexity index is 981. The lowest BCUT2D eigenvalue weighted by atomic mass is 10.1. The second-order valence-corrected chi connectivity index (χ2v) is 7.83. The maximum absolute atomic E-state index is 13.5. The normalized spacial score (nSPS) is 11.0. The van der Waals surface area contributed by atoms with Gasteiger partial charge in [0.15, 0.2) is 5.13 Å². The van der Waals surface area contributed by atoms with E-state index < -0.39 is 0 Å². The Kier molecular flexibility index (Phi) is 6.56. The number of ether oxygens (including phenoxy) is 3. The van der Waals surface area contributed by atoms with Gasteiger partial charge in [-0.15, -0.1) is 0 Å². The zero-order valence-corrected chi connectivity index (χ0v) is 18.1. The van der Waals surface area contributed by atoms with E-state index in [1.165, 1.54) is 16.2 Å². The van der Waals surface area contributed by atoms with Crippen LogP contribution >= 0.6 is 11.3 Å². The number of hydrogen-bond donors (Lipinski definition) is 1. The number of anilines is 1. The van der Waals surface area contributed by atoms with Crippen molar-refractivity contribution in [1.82, 2.24) is 4.98 Å². The number of carbonyl (C=O) groups is 1. The second-order valence-electron chi connectivity index (χ2n) is 6.82. The van der Waals surface area contributed by atoms with E-state index in [0.717, 1.165) is 16.8 Å². The highest BCUT2D eigenvalue weighted by Gasteiger charge is 2.24. The fourth-order valence-electron chi connectivity index (χ4n) is 2.90. The van der Waals surface area contributed by atoms with Gasteiger partial charge in [0.2, 0.25) is 0 Å². The minimum Gasteiger partial charge on any atom is -0.497 e. The van der Waals surface area contributed by atoms with Crippen LogP contribution < -0.4 is 24.0 Å². The summed E-state index contributed by atoms with van der Waals surface area (Å²) >= 11 is 1.47. The summed E-state index contributed by atoms with van der Waals surface area (Å²) in [5.74, 6) is 1.67. The molecule has 0 spiro atoms. The first-order chi connectivity index (χ1) is 14.0. The predicted molar refractivity (Wildman–Crippen MR) is 115 cm³/mol. The van der Waals surface area contributed by atoms with Gasteiger partial charge in [0.05, 0.1) is 53.2 Å². The number of nitrogens with one attached hydrogen (secondary N) is 1. The molecule has 29 heavy (non-hydrogen) atoms. The number of rotatable bonds is 8. The van der Waals surface area contributed by atoms with Crippen LogP contribution in [0.2, 0.25) is 0 Å². The maximum Gasteiger partial charge on any atom is 0.260 e. The van der Waals surface area contributed by atoms with Crippen molar-refractivity contribution in [1.29, 1.82) is 0 Å². The second kappa shape index (κ2) is 9.11. The number of benzene rings is 2. The Morgan fingerprint density at radius 3 is 2.34 bits per heavy atom. The summed E-state index contributed by atoms with van der Waals surface area (Å²) in [4.78, 5) is 21.1. The molecule has 0 atom stereocenters. The smallest absolute Gasteiger partial charge is 0.260 e. The molecule has 1 aromatic heterocycles. The zero-order valence-electron chi connectivity index (χ0n) is 17.3. The van der Waals surface area contributed by atoms with E-state index in [9.17, 15) is 4.79 Å². The minimum atomic E-state index is -0.151. The van der Waals surface area contributed by atoms with E-state index in [4.69, 9.17) is 19.2 Å². The Balaban J connectivity index is 2.04. The molecule has 1 N–H and O–H groups in total. The van der Waals surface area contributed by atoms with Gasteiger partial charge in [-0.25, -0.2) is 4.98 Å². The molecule has 1 heterocycles. The summed E-state index contributed by atoms with van der Waals surface area (Å²) in [7, 11) is 8.86. The van der Waals surface area contributed by atoms with Crippen LogP contribution in [-0.2, 0) is 0 Å². The molecule has 0 bridgehead atoms. The molecule has 0 unspecified atom stereocenters. The maximum atomic E-state index is 13.5. The molecule has 7 nitrogen and oxygen atoms in total. The van der Waals surface area contributed by atoms with Crippen LogP contribution in [0, 0.1) is 0 Å². The standard InChI is InChI=1S/C21H25N3O4S/c1-23(2)9-10-24(20(25)14-11-15(26-3)13-16(12-14)27-4)21-22-19-17(28-5)7-6-8-18(19)29-21/h6-8,11-13H,9-10H2,1-5H3/p+1. The Morgan fingerprint density at radius 2 is 1.76 bits per heavy atom. The van der Waals surface area contributed by atoms with Crippen LogP contribution in [0.15, 0.2) is 36.4 Å². The number of aromatic nitrogens is 1. The van der Waals surface area contributed by atoms with Crippen LogP contribution in [0.5, 0.6) is 17.2 Å². The van der Waals surface area contributed by atoms with E-state index in [-0.39, 0.29) is 5.91 Å². The van der Waals surface area contributed by atoms with Crippen LogP contribution in [-0.4, -0.2) is 59.4 Å². The van der Waals surface area contributed by atoms with Crippen LogP contribution in [0.3, 0.4) is 0 Å². The largest absolute Gasteiger partial charge is 0.497 e. The molecule has 0 saturated heterocycles. The third kappa shape index (κ3) is 4.60. The number of thiazole rings is 1. The van der Waals surface area contributed by atoms with E-state index in [1.54, 1.807) is 44.4 Å². The van der Waals surface area contributed by atoms with Gasteiger partial charge in [0, 0.05) is 11.6 Å². The van der Waals surface area contributed by atoms with Gasteiger partial charge in [-0.1, -0.05) is 17.4 Å². The van der Waals surface area contributed by atoms with Gasteiger partial charge in [-0.2, -0.15) is 0 Å². The highest BCUT2D eigenvalue weighted by Crippen LogP contribution is 2.35. The highest BCUT2D eigenvalue weighted by atomic mass is 32.1. The van der Waals surface area contributed by atoms with E-state index >= 15 is 0 Å². The summed E-state index contributed by atoms with van der Waals surface area (Å²) in [6, 6.07) is 10.9. The van der Waals surface area contributed by atoms with Crippen molar-refractivity contribution in [3.8, 4) is 17.2 Å². The number of fused-ring (bicyclic) bond motifs is 1. The lowest BCUT2D eigenvalue weighted by Crippen LogP contribution is -3.06. The van der Waals surface area contributed by atoms with Gasteiger partial charge < -0.3 is 19.1 Å². The van der Waals surface area contributed by atoms with Crippen molar-refractivity contribution in [2.45, 2.75) is 0 Å². The van der Waals surface area contributed by atoms with Crippen molar-refractivity contribution < 1.29 is 23.9 Å². The van der Waals surface area contributed by atoms with Crippen LogP contribution in [0.25, 0.3) is 10.2 Å². The van der Waals surface area contributed by atoms with Crippen molar-refractivity contribution in [3.63, 3.8) is 0 Å². The van der Waals surface area contributed by atoms with E-state index in [0.29, 0.717) is 34.5 Å². The Hall–Kier alpha value is -2.84. The molecular weight excluding hydrogens is 390 g/mol. The summed E-state index contributed by atoms with van der Waals surface area (Å²) in [5, 5.41) is 0.637. The third-order valence-electron chi connectivity index (χ3n) is 4.50. The van der Waals surface area contributed by atoms with Gasteiger partial charge >= 0.3 is 0 Å². The monoisotopic (exact) mass is 416 g/mol. The summed E-state index contributed by atoms with van der Waals surface area (Å²) in [5.41, 5.74) is 1.24. The first-order valence-corrected chi connectivity index (χ1v) is 10.1. The summed E-state index contributed by atoms with van der Waals surface area (Å²) in [6.45, 7) is 1.31. The molecule has 0 aliphatic rings. The molecular formula is C21H26N3O4S+. The third-order valence-corrected chi connectivity index (χ3v) is 5.54. The molecule has 8 heteroatoms. The molecule has 2 aromatic carbocycles. The number of nitrogens with zero attached hydrogens (tertiary/aromatic N) is 2. The first kappa shape index (κ1) is 20.9. The number of quaternary nitrogens is 1. The van der Waals surface area contributed by atoms with Crippen molar-refractivity contribution in [3.05, 3.63) is 42.0 Å². The molecule has 0 radical (unpaired) electrons. The van der Waals surface area contributed by atoms with E-state index in [1.807, 2.05) is 18.2 Å². The zero-order chi connectivity index (χ0) is 21.0. The molecule has 154 valence electrons. The lowest BCUT2D eigenvalue weighted by Gasteiger charge is -2.21. The average Bonchev–Trinajstić information content (AvgIpc) is 3.16. The molecule has 0 saturated carbocycles. The Labute approximate surface area is 174 Å². The van der Waals surface area contributed by atoms with Crippen molar-refractivity contribution in [2.24, 2.45) is 0 Å².